The number of likely N-dealkylation sites (N-methyl/N-ethyl adjacent to an activating group) is 1. The zero-order valence-electron chi connectivity index (χ0n) is 8.83. The molecule has 2 N–H and O–H groups in total. The van der Waals surface area contributed by atoms with Crippen molar-refractivity contribution in [2.45, 2.75) is 18.9 Å². The number of nitrogens with two attached hydrogens (primary N) is 1. The molecule has 0 spiro atoms. The van der Waals surface area contributed by atoms with Crippen molar-refractivity contribution in [2.75, 3.05) is 33.9 Å². The summed E-state index contributed by atoms with van der Waals surface area (Å²) in [6.07, 6.45) is 3.96. The lowest BCUT2D eigenvalue weighted by Crippen LogP contribution is -2.35. The smallest absolute Gasteiger partial charge is 0.0462 e. The molecule has 78 valence electrons. The molecule has 0 aliphatic heterocycles. The van der Waals surface area contributed by atoms with Gasteiger partial charge in [-0.15, -0.1) is 6.58 Å². The summed E-state index contributed by atoms with van der Waals surface area (Å²) in [5.41, 5.74) is 5.91. The zero-order valence-corrected chi connectivity index (χ0v) is 8.83. The van der Waals surface area contributed by atoms with E-state index in [4.69, 9.17) is 10.5 Å². The fourth-order valence-electron chi connectivity index (χ4n) is 1.28. The first-order valence-corrected chi connectivity index (χ1v) is 4.74. The van der Waals surface area contributed by atoms with Gasteiger partial charge in [-0.1, -0.05) is 6.08 Å². The van der Waals surface area contributed by atoms with Gasteiger partial charge in [-0.3, -0.25) is 0 Å². The Balaban J connectivity index is 3.37. The van der Waals surface area contributed by atoms with Crippen LogP contribution in [0.15, 0.2) is 12.7 Å². The summed E-state index contributed by atoms with van der Waals surface area (Å²) in [5.74, 6) is 0. The van der Waals surface area contributed by atoms with Crippen LogP contribution in [0.3, 0.4) is 0 Å². The van der Waals surface area contributed by atoms with Gasteiger partial charge in [0.25, 0.3) is 0 Å². The van der Waals surface area contributed by atoms with Crippen molar-refractivity contribution in [3.05, 3.63) is 12.7 Å². The molecule has 0 bridgehead atoms. The summed E-state index contributed by atoms with van der Waals surface area (Å²) in [6.45, 7) is 6.31. The Hall–Kier alpha value is -0.380. The van der Waals surface area contributed by atoms with E-state index in [9.17, 15) is 0 Å². The second kappa shape index (κ2) is 8.23. The molecule has 0 amide bonds. The highest BCUT2D eigenvalue weighted by molar-refractivity contribution is 4.74. The molecule has 0 aromatic rings. The normalized spacial score (nSPS) is 13.2. The van der Waals surface area contributed by atoms with E-state index in [0.717, 1.165) is 32.5 Å². The van der Waals surface area contributed by atoms with Gasteiger partial charge in [-0.25, -0.2) is 0 Å². The standard InChI is InChI=1S/C10H22N2O/c1-4-7-12(2)9-10(11)6-5-8-13-3/h4,10H,1,5-9,11H2,2-3H3. The molecule has 1 atom stereocenters. The van der Waals surface area contributed by atoms with Gasteiger partial charge in [0.15, 0.2) is 0 Å². The molecule has 0 aromatic heterocycles. The first-order chi connectivity index (χ1) is 6.20. The SMILES string of the molecule is C=CCN(C)CC(N)CCCOC. The third kappa shape index (κ3) is 7.96. The van der Waals surface area contributed by atoms with E-state index in [1.807, 2.05) is 6.08 Å². The largest absolute Gasteiger partial charge is 0.385 e. The maximum Gasteiger partial charge on any atom is 0.0462 e. The molecule has 1 unspecified atom stereocenters. The molecular weight excluding hydrogens is 164 g/mol. The zero-order chi connectivity index (χ0) is 10.1. The van der Waals surface area contributed by atoms with Gasteiger partial charge in [0.2, 0.25) is 0 Å². The van der Waals surface area contributed by atoms with Gasteiger partial charge < -0.3 is 15.4 Å². The van der Waals surface area contributed by atoms with E-state index < -0.39 is 0 Å². The fourth-order valence-corrected chi connectivity index (χ4v) is 1.28. The lowest BCUT2D eigenvalue weighted by molar-refractivity contribution is 0.188. The lowest BCUT2D eigenvalue weighted by atomic mass is 10.1. The van der Waals surface area contributed by atoms with Crippen molar-refractivity contribution in [3.8, 4) is 0 Å². The lowest BCUT2D eigenvalue weighted by Gasteiger charge is -2.19. The van der Waals surface area contributed by atoms with Gasteiger partial charge in [0.05, 0.1) is 0 Å². The maximum atomic E-state index is 5.91. The molecule has 0 rings (SSSR count). The van der Waals surface area contributed by atoms with Crippen molar-refractivity contribution in [1.29, 1.82) is 0 Å². The van der Waals surface area contributed by atoms with Gasteiger partial charge in [-0.2, -0.15) is 0 Å². The third-order valence-corrected chi connectivity index (χ3v) is 1.91. The summed E-state index contributed by atoms with van der Waals surface area (Å²) in [6, 6.07) is 0.250. The average Bonchev–Trinajstić information content (AvgIpc) is 2.05. The summed E-state index contributed by atoms with van der Waals surface area (Å²) < 4.78 is 4.96. The van der Waals surface area contributed by atoms with Gasteiger partial charge in [-0.05, 0) is 19.9 Å². The second-order valence-corrected chi connectivity index (χ2v) is 3.40. The van der Waals surface area contributed by atoms with E-state index >= 15 is 0 Å². The fraction of sp³-hybridized carbons (Fsp3) is 0.800. The highest BCUT2D eigenvalue weighted by atomic mass is 16.5. The molecule has 0 fully saturated rings. The van der Waals surface area contributed by atoms with Crippen molar-refractivity contribution < 1.29 is 4.74 Å². The molecule has 0 aliphatic rings. The minimum absolute atomic E-state index is 0.250. The molecule has 0 heterocycles. The van der Waals surface area contributed by atoms with E-state index in [1.165, 1.54) is 0 Å². The van der Waals surface area contributed by atoms with Crippen molar-refractivity contribution >= 4 is 0 Å². The molecule has 0 aromatic carbocycles. The van der Waals surface area contributed by atoms with Crippen LogP contribution in [0.25, 0.3) is 0 Å². The molecular formula is C10H22N2O. The summed E-state index contributed by atoms with van der Waals surface area (Å²) in [7, 11) is 3.77. The van der Waals surface area contributed by atoms with Crippen LogP contribution in [0.5, 0.6) is 0 Å². The second-order valence-electron chi connectivity index (χ2n) is 3.40. The van der Waals surface area contributed by atoms with E-state index in [0.29, 0.717) is 0 Å². The average molecular weight is 186 g/mol. The molecule has 0 aliphatic carbocycles. The van der Waals surface area contributed by atoms with Crippen LogP contribution in [-0.4, -0.2) is 44.8 Å². The first-order valence-electron chi connectivity index (χ1n) is 4.74. The quantitative estimate of drug-likeness (QED) is 0.451. The number of hydrogen-bond acceptors (Lipinski definition) is 3. The Labute approximate surface area is 81.5 Å². The van der Waals surface area contributed by atoms with Crippen LogP contribution < -0.4 is 5.73 Å². The van der Waals surface area contributed by atoms with E-state index in [1.54, 1.807) is 7.11 Å². The predicted octanol–water partition coefficient (Wildman–Crippen LogP) is 0.858. The molecule has 13 heavy (non-hydrogen) atoms. The number of nitrogens with zero attached hydrogens (tertiary/aromatic N) is 1. The van der Waals surface area contributed by atoms with E-state index in [2.05, 4.69) is 18.5 Å². The first kappa shape index (κ1) is 12.6. The van der Waals surface area contributed by atoms with Crippen molar-refractivity contribution in [2.24, 2.45) is 5.73 Å². The number of ether oxygens (including phenoxy) is 1. The molecule has 3 heteroatoms. The highest BCUT2D eigenvalue weighted by Crippen LogP contribution is 1.96. The Morgan fingerprint density at radius 1 is 1.62 bits per heavy atom. The summed E-state index contributed by atoms with van der Waals surface area (Å²) in [5, 5.41) is 0. The van der Waals surface area contributed by atoms with Gasteiger partial charge in [0, 0.05) is 32.8 Å². The van der Waals surface area contributed by atoms with Crippen molar-refractivity contribution in [3.63, 3.8) is 0 Å². The van der Waals surface area contributed by atoms with Crippen molar-refractivity contribution in [1.82, 2.24) is 4.90 Å². The Morgan fingerprint density at radius 2 is 2.31 bits per heavy atom. The molecule has 3 nitrogen and oxygen atoms in total. The third-order valence-electron chi connectivity index (χ3n) is 1.91. The Bertz CT molecular complexity index is 128. The minimum Gasteiger partial charge on any atom is -0.385 e. The molecule has 0 saturated heterocycles. The minimum atomic E-state index is 0.250. The van der Waals surface area contributed by atoms with Crippen LogP contribution >= 0.6 is 0 Å². The topological polar surface area (TPSA) is 38.5 Å². The Kier molecular flexibility index (Phi) is 7.99. The van der Waals surface area contributed by atoms with E-state index in [-0.39, 0.29) is 6.04 Å². The summed E-state index contributed by atoms with van der Waals surface area (Å²) >= 11 is 0. The number of hydrogen-bond donors (Lipinski definition) is 1. The number of rotatable bonds is 8. The molecule has 0 saturated carbocycles. The molecule has 0 radical (unpaired) electrons. The predicted molar refractivity (Wildman–Crippen MR) is 56.8 cm³/mol. The highest BCUT2D eigenvalue weighted by Gasteiger charge is 2.04. The summed E-state index contributed by atoms with van der Waals surface area (Å²) in [4.78, 5) is 2.17. The van der Waals surface area contributed by atoms with Crippen LogP contribution in [0.1, 0.15) is 12.8 Å². The maximum absolute atomic E-state index is 5.91. The van der Waals surface area contributed by atoms with Crippen LogP contribution in [-0.2, 0) is 4.74 Å². The monoisotopic (exact) mass is 186 g/mol. The van der Waals surface area contributed by atoms with Crippen LogP contribution in [0, 0.1) is 0 Å². The van der Waals surface area contributed by atoms with Gasteiger partial charge >= 0.3 is 0 Å². The Morgan fingerprint density at radius 3 is 2.85 bits per heavy atom. The van der Waals surface area contributed by atoms with Gasteiger partial charge in [0.1, 0.15) is 0 Å². The van der Waals surface area contributed by atoms with Crippen LogP contribution in [0.4, 0.5) is 0 Å². The van der Waals surface area contributed by atoms with Crippen LogP contribution in [0.2, 0.25) is 0 Å². The number of methoxy groups -OCH3 is 1.